The predicted octanol–water partition coefficient (Wildman–Crippen LogP) is 2.33. The lowest BCUT2D eigenvalue weighted by molar-refractivity contribution is 1.23. The number of rotatable bonds is 3. The Morgan fingerprint density at radius 3 is 1.20 bits per heavy atom. The Bertz CT molecular complexity index is 578. The number of hydrogen-bond acceptors (Lipinski definition) is 4. The molecule has 0 heterocycles. The minimum Gasteiger partial charge on any atom is -0.323 e. The molecule has 102 valence electrons. The van der Waals surface area contributed by atoms with E-state index < -0.39 is 0 Å². The van der Waals surface area contributed by atoms with Gasteiger partial charge in [-0.25, -0.2) is 0 Å². The highest BCUT2D eigenvalue weighted by Gasteiger charge is 2.14. The van der Waals surface area contributed by atoms with Crippen LogP contribution >= 0.6 is 0 Å². The lowest BCUT2D eigenvalue weighted by Gasteiger charge is -2.09. The second-order valence-electron chi connectivity index (χ2n) is 4.69. The third-order valence-electron chi connectivity index (χ3n) is 3.13. The molecule has 0 aliphatic rings. The summed E-state index contributed by atoms with van der Waals surface area (Å²) >= 11 is 0. The van der Waals surface area contributed by atoms with Crippen LogP contribution in [-0.2, 0) is 0 Å². The van der Waals surface area contributed by atoms with Crippen molar-refractivity contribution in [2.75, 3.05) is 0 Å². The topological polar surface area (TPSA) is 76.8 Å². The molecule has 0 fully saturated rings. The largest absolute Gasteiger partial charge is 0.323 e. The summed E-state index contributed by atoms with van der Waals surface area (Å²) in [5.74, 6) is 11.1. The van der Waals surface area contributed by atoms with Crippen LogP contribution in [0.15, 0.2) is 58.7 Å². The highest BCUT2D eigenvalue weighted by molar-refractivity contribution is 6.53. The number of nitrogens with zero attached hydrogens (tertiary/aromatic N) is 2. The average molecular weight is 266 g/mol. The maximum absolute atomic E-state index is 5.54. The molecule has 4 nitrogen and oxygen atoms in total. The van der Waals surface area contributed by atoms with Crippen LogP contribution in [0.1, 0.15) is 22.3 Å². The van der Waals surface area contributed by atoms with Crippen molar-refractivity contribution < 1.29 is 0 Å². The van der Waals surface area contributed by atoms with E-state index in [1.165, 1.54) is 11.1 Å². The van der Waals surface area contributed by atoms with Gasteiger partial charge in [0, 0.05) is 11.1 Å². The van der Waals surface area contributed by atoms with Crippen LogP contribution in [0.2, 0.25) is 0 Å². The molecule has 0 saturated heterocycles. The van der Waals surface area contributed by atoms with Gasteiger partial charge in [-0.15, -0.1) is 0 Å². The average Bonchev–Trinajstić information content (AvgIpc) is 2.47. The second-order valence-corrected chi connectivity index (χ2v) is 4.69. The summed E-state index contributed by atoms with van der Waals surface area (Å²) in [4.78, 5) is 0. The van der Waals surface area contributed by atoms with Gasteiger partial charge in [0.05, 0.1) is 0 Å². The van der Waals surface area contributed by atoms with E-state index in [0.717, 1.165) is 11.1 Å². The molecule has 2 aromatic rings. The molecular formula is C16H18N4. The van der Waals surface area contributed by atoms with Gasteiger partial charge in [0.15, 0.2) is 0 Å². The standard InChI is InChI=1S/C16H18N4/c1-11-3-7-13(8-4-11)15(19-17)16(20-18)14-9-5-12(2)6-10-14/h3-10H,17-18H2,1-2H3. The zero-order valence-electron chi connectivity index (χ0n) is 11.7. The summed E-state index contributed by atoms with van der Waals surface area (Å²) in [6.45, 7) is 4.06. The molecule has 0 aromatic heterocycles. The van der Waals surface area contributed by atoms with E-state index in [9.17, 15) is 0 Å². The van der Waals surface area contributed by atoms with Crippen LogP contribution in [0.5, 0.6) is 0 Å². The van der Waals surface area contributed by atoms with Crippen molar-refractivity contribution in [3.05, 3.63) is 70.8 Å². The van der Waals surface area contributed by atoms with E-state index in [2.05, 4.69) is 10.2 Å². The van der Waals surface area contributed by atoms with E-state index in [-0.39, 0.29) is 0 Å². The van der Waals surface area contributed by atoms with E-state index in [1.807, 2.05) is 62.4 Å². The minimum atomic E-state index is 0.580. The fourth-order valence-corrected chi connectivity index (χ4v) is 1.97. The van der Waals surface area contributed by atoms with E-state index in [1.54, 1.807) is 0 Å². The molecule has 0 aliphatic heterocycles. The van der Waals surface area contributed by atoms with Crippen molar-refractivity contribution in [3.8, 4) is 0 Å². The number of benzene rings is 2. The highest BCUT2D eigenvalue weighted by atomic mass is 15.2. The molecule has 20 heavy (non-hydrogen) atoms. The second kappa shape index (κ2) is 6.02. The van der Waals surface area contributed by atoms with E-state index >= 15 is 0 Å². The zero-order valence-corrected chi connectivity index (χ0v) is 11.7. The van der Waals surface area contributed by atoms with Crippen molar-refractivity contribution in [2.24, 2.45) is 21.9 Å². The molecule has 0 amide bonds. The van der Waals surface area contributed by atoms with Crippen molar-refractivity contribution >= 4 is 11.4 Å². The fourth-order valence-electron chi connectivity index (χ4n) is 1.97. The monoisotopic (exact) mass is 266 g/mol. The summed E-state index contributed by atoms with van der Waals surface area (Å²) in [7, 11) is 0. The van der Waals surface area contributed by atoms with Gasteiger partial charge < -0.3 is 11.7 Å². The van der Waals surface area contributed by atoms with Crippen LogP contribution in [0.4, 0.5) is 0 Å². The minimum absolute atomic E-state index is 0.580. The Labute approximate surface area is 118 Å². The van der Waals surface area contributed by atoms with Crippen molar-refractivity contribution in [3.63, 3.8) is 0 Å². The first kappa shape index (κ1) is 13.8. The summed E-state index contributed by atoms with van der Waals surface area (Å²) in [5, 5.41) is 7.73. The van der Waals surface area contributed by atoms with Gasteiger partial charge in [-0.2, -0.15) is 10.2 Å². The smallest absolute Gasteiger partial charge is 0.118 e. The Morgan fingerprint density at radius 2 is 0.950 bits per heavy atom. The molecule has 0 bridgehead atoms. The molecular weight excluding hydrogens is 248 g/mol. The lowest BCUT2D eigenvalue weighted by Crippen LogP contribution is -2.20. The first-order valence-electron chi connectivity index (χ1n) is 6.36. The maximum Gasteiger partial charge on any atom is 0.118 e. The van der Waals surface area contributed by atoms with Crippen LogP contribution in [0.3, 0.4) is 0 Å². The van der Waals surface area contributed by atoms with Gasteiger partial charge >= 0.3 is 0 Å². The molecule has 4 heteroatoms. The lowest BCUT2D eigenvalue weighted by atomic mass is 9.98. The molecule has 2 rings (SSSR count). The summed E-state index contributed by atoms with van der Waals surface area (Å²) < 4.78 is 0. The highest BCUT2D eigenvalue weighted by Crippen LogP contribution is 2.11. The zero-order chi connectivity index (χ0) is 14.5. The Balaban J connectivity index is 2.44. The van der Waals surface area contributed by atoms with Gasteiger partial charge in [0.2, 0.25) is 0 Å². The summed E-state index contributed by atoms with van der Waals surface area (Å²) in [5.41, 5.74) is 5.29. The van der Waals surface area contributed by atoms with Gasteiger partial charge in [0.1, 0.15) is 11.4 Å². The first-order valence-corrected chi connectivity index (χ1v) is 6.36. The third kappa shape index (κ3) is 2.85. The number of aryl methyl sites for hydroxylation is 2. The number of hydrazone groups is 2. The summed E-state index contributed by atoms with van der Waals surface area (Å²) in [6, 6.07) is 15.8. The van der Waals surface area contributed by atoms with Crippen LogP contribution in [0, 0.1) is 13.8 Å². The van der Waals surface area contributed by atoms with Crippen LogP contribution < -0.4 is 11.7 Å². The SMILES string of the molecule is Cc1ccc(C(=NN)C(=NN)c2ccc(C)cc2)cc1. The van der Waals surface area contributed by atoms with Gasteiger partial charge in [-0.05, 0) is 13.8 Å². The summed E-state index contributed by atoms with van der Waals surface area (Å²) in [6.07, 6.45) is 0. The molecule has 0 saturated carbocycles. The maximum atomic E-state index is 5.54. The fraction of sp³-hybridized carbons (Fsp3) is 0.125. The van der Waals surface area contributed by atoms with Crippen molar-refractivity contribution in [1.29, 1.82) is 0 Å². The molecule has 0 radical (unpaired) electrons. The molecule has 4 N–H and O–H groups in total. The third-order valence-corrected chi connectivity index (χ3v) is 3.13. The predicted molar refractivity (Wildman–Crippen MR) is 83.8 cm³/mol. The molecule has 0 aliphatic carbocycles. The number of hydrogen-bond donors (Lipinski definition) is 2. The normalized spacial score (nSPS) is 12.5. The van der Waals surface area contributed by atoms with Crippen LogP contribution in [-0.4, -0.2) is 11.4 Å². The Hall–Kier alpha value is -2.62. The number of nitrogens with two attached hydrogens (primary N) is 2. The van der Waals surface area contributed by atoms with E-state index in [4.69, 9.17) is 11.7 Å². The molecule has 0 atom stereocenters. The van der Waals surface area contributed by atoms with Crippen LogP contribution in [0.25, 0.3) is 0 Å². The Morgan fingerprint density at radius 1 is 0.650 bits per heavy atom. The van der Waals surface area contributed by atoms with E-state index in [0.29, 0.717) is 11.4 Å². The first-order chi connectivity index (χ1) is 9.65. The van der Waals surface area contributed by atoms with Gasteiger partial charge in [-0.3, -0.25) is 0 Å². The van der Waals surface area contributed by atoms with Crippen molar-refractivity contribution in [2.45, 2.75) is 13.8 Å². The van der Waals surface area contributed by atoms with Gasteiger partial charge in [0.25, 0.3) is 0 Å². The quantitative estimate of drug-likeness (QED) is 0.508. The molecule has 0 spiro atoms. The van der Waals surface area contributed by atoms with Gasteiger partial charge in [-0.1, -0.05) is 59.7 Å². The molecule has 2 aromatic carbocycles. The van der Waals surface area contributed by atoms with Crippen molar-refractivity contribution in [1.82, 2.24) is 0 Å². The molecule has 0 unspecified atom stereocenters. The Kier molecular flexibility index (Phi) is 4.15.